The standard InChI is InChI=1S/C18H9FN2O5/c19-13-8-4-3-7-12(13)14-9-15(25-20-14)18(24)26-21-16(22)10-5-1-2-6-11(10)17(21)23/h1-9H. The van der Waals surface area contributed by atoms with Gasteiger partial charge >= 0.3 is 5.97 Å². The van der Waals surface area contributed by atoms with Crippen LogP contribution in [0.4, 0.5) is 4.39 Å². The highest BCUT2D eigenvalue weighted by atomic mass is 19.1. The van der Waals surface area contributed by atoms with Crippen molar-refractivity contribution >= 4 is 17.8 Å². The van der Waals surface area contributed by atoms with Crippen LogP contribution in [0, 0.1) is 5.82 Å². The Bertz CT molecular complexity index is 1020. The van der Waals surface area contributed by atoms with E-state index in [1.165, 1.54) is 36.4 Å². The highest BCUT2D eigenvalue weighted by molar-refractivity contribution is 6.21. The summed E-state index contributed by atoms with van der Waals surface area (Å²) in [4.78, 5) is 41.4. The number of carbonyl (C=O) groups excluding carboxylic acids is 3. The fourth-order valence-corrected chi connectivity index (χ4v) is 2.55. The Kier molecular flexibility index (Phi) is 3.58. The molecule has 2 amide bonds. The van der Waals surface area contributed by atoms with Gasteiger partial charge in [0, 0.05) is 11.6 Å². The Labute approximate surface area is 145 Å². The molecule has 0 atom stereocenters. The van der Waals surface area contributed by atoms with Crippen molar-refractivity contribution in [3.63, 3.8) is 0 Å². The first-order chi connectivity index (χ1) is 12.6. The number of benzene rings is 2. The van der Waals surface area contributed by atoms with E-state index in [0.717, 1.165) is 0 Å². The van der Waals surface area contributed by atoms with Crippen molar-refractivity contribution in [2.45, 2.75) is 0 Å². The predicted octanol–water partition coefficient (Wildman–Crippen LogP) is 2.85. The van der Waals surface area contributed by atoms with Gasteiger partial charge in [0.05, 0.1) is 11.1 Å². The van der Waals surface area contributed by atoms with Crippen LogP contribution in [-0.2, 0) is 4.84 Å². The molecule has 2 aromatic carbocycles. The molecule has 0 fully saturated rings. The highest BCUT2D eigenvalue weighted by Gasteiger charge is 2.39. The number of hydrogen-bond acceptors (Lipinski definition) is 6. The Hall–Kier alpha value is -3.81. The number of halogens is 1. The highest BCUT2D eigenvalue weighted by Crippen LogP contribution is 2.25. The van der Waals surface area contributed by atoms with Gasteiger partial charge in [-0.15, -0.1) is 0 Å². The van der Waals surface area contributed by atoms with Gasteiger partial charge in [-0.05, 0) is 24.3 Å². The normalized spacial score (nSPS) is 13.0. The molecule has 3 aromatic rings. The summed E-state index contributed by atoms with van der Waals surface area (Å²) in [5.74, 6) is -3.53. The van der Waals surface area contributed by atoms with E-state index in [2.05, 4.69) is 5.16 Å². The minimum atomic E-state index is -1.10. The lowest BCUT2D eigenvalue weighted by Gasteiger charge is -2.10. The van der Waals surface area contributed by atoms with E-state index in [1.807, 2.05) is 0 Å². The number of nitrogens with zero attached hydrogens (tertiary/aromatic N) is 2. The zero-order valence-corrected chi connectivity index (χ0v) is 13.0. The van der Waals surface area contributed by atoms with Gasteiger partial charge in [-0.3, -0.25) is 9.59 Å². The summed E-state index contributed by atoms with van der Waals surface area (Å²) in [5, 5.41) is 3.98. The second-order valence-electron chi connectivity index (χ2n) is 5.39. The summed E-state index contributed by atoms with van der Waals surface area (Å²) in [5.41, 5.74) is 0.485. The molecule has 1 aliphatic rings. The van der Waals surface area contributed by atoms with E-state index >= 15 is 0 Å². The van der Waals surface area contributed by atoms with Gasteiger partial charge < -0.3 is 9.36 Å². The molecule has 0 unspecified atom stereocenters. The first-order valence-electron chi connectivity index (χ1n) is 7.48. The van der Waals surface area contributed by atoms with Crippen LogP contribution in [0.5, 0.6) is 0 Å². The van der Waals surface area contributed by atoms with Crippen LogP contribution in [0.2, 0.25) is 0 Å². The van der Waals surface area contributed by atoms with E-state index in [4.69, 9.17) is 9.36 Å². The molecule has 1 aliphatic heterocycles. The molecule has 0 N–H and O–H groups in total. The summed E-state index contributed by atoms with van der Waals surface area (Å²) < 4.78 is 18.6. The molecule has 4 rings (SSSR count). The van der Waals surface area contributed by atoms with Gasteiger partial charge in [-0.25, -0.2) is 9.18 Å². The van der Waals surface area contributed by atoms with Crippen LogP contribution in [0.3, 0.4) is 0 Å². The van der Waals surface area contributed by atoms with Gasteiger partial charge in [0.1, 0.15) is 11.5 Å². The number of aromatic nitrogens is 1. The number of hydrogen-bond donors (Lipinski definition) is 0. The maximum atomic E-state index is 13.8. The van der Waals surface area contributed by atoms with Gasteiger partial charge in [0.2, 0.25) is 5.76 Å². The maximum absolute atomic E-state index is 13.8. The number of rotatable bonds is 3. The van der Waals surface area contributed by atoms with Crippen molar-refractivity contribution in [3.05, 3.63) is 77.3 Å². The quantitative estimate of drug-likeness (QED) is 0.674. The SMILES string of the molecule is O=C(ON1C(=O)c2ccccc2C1=O)c1cc(-c2ccccc2F)no1. The van der Waals surface area contributed by atoms with Crippen LogP contribution in [0.15, 0.2) is 59.1 Å². The van der Waals surface area contributed by atoms with E-state index in [-0.39, 0.29) is 28.1 Å². The van der Waals surface area contributed by atoms with E-state index < -0.39 is 23.6 Å². The number of carbonyl (C=O) groups is 3. The lowest BCUT2D eigenvalue weighted by atomic mass is 10.1. The first-order valence-corrected chi connectivity index (χ1v) is 7.48. The van der Waals surface area contributed by atoms with Gasteiger partial charge in [-0.2, -0.15) is 0 Å². The van der Waals surface area contributed by atoms with Crippen LogP contribution in [0.25, 0.3) is 11.3 Å². The first kappa shape index (κ1) is 15.7. The Morgan fingerprint density at radius 2 is 1.54 bits per heavy atom. The molecule has 26 heavy (non-hydrogen) atoms. The third kappa shape index (κ3) is 2.44. The summed E-state index contributed by atoms with van der Waals surface area (Å²) >= 11 is 0. The lowest BCUT2D eigenvalue weighted by Crippen LogP contribution is -2.32. The molecule has 2 heterocycles. The van der Waals surface area contributed by atoms with Crippen LogP contribution in [-0.4, -0.2) is 28.0 Å². The fourth-order valence-electron chi connectivity index (χ4n) is 2.55. The second kappa shape index (κ2) is 5.92. The number of hydroxylamine groups is 2. The molecular weight excluding hydrogens is 343 g/mol. The molecule has 128 valence electrons. The fraction of sp³-hybridized carbons (Fsp3) is 0. The Morgan fingerprint density at radius 1 is 0.962 bits per heavy atom. The molecule has 0 aliphatic carbocycles. The molecule has 0 bridgehead atoms. The molecular formula is C18H9FN2O5. The van der Waals surface area contributed by atoms with Crippen molar-refractivity contribution in [1.82, 2.24) is 10.2 Å². The molecule has 7 nitrogen and oxygen atoms in total. The molecule has 8 heteroatoms. The third-order valence-corrected chi connectivity index (χ3v) is 3.79. The van der Waals surface area contributed by atoms with E-state index in [9.17, 15) is 18.8 Å². The number of amides is 2. The molecule has 0 saturated carbocycles. The van der Waals surface area contributed by atoms with Crippen molar-refractivity contribution < 1.29 is 28.1 Å². The van der Waals surface area contributed by atoms with Crippen molar-refractivity contribution in [2.75, 3.05) is 0 Å². The topological polar surface area (TPSA) is 89.7 Å². The Morgan fingerprint density at radius 3 is 2.15 bits per heavy atom. The molecule has 0 saturated heterocycles. The van der Waals surface area contributed by atoms with E-state index in [0.29, 0.717) is 5.06 Å². The van der Waals surface area contributed by atoms with Gasteiger partial charge in [0.15, 0.2) is 0 Å². The second-order valence-corrected chi connectivity index (χ2v) is 5.39. The van der Waals surface area contributed by atoms with E-state index in [1.54, 1.807) is 18.2 Å². The van der Waals surface area contributed by atoms with Crippen LogP contribution >= 0.6 is 0 Å². The lowest BCUT2D eigenvalue weighted by molar-refractivity contribution is -0.0607. The summed E-state index contributed by atoms with van der Waals surface area (Å²) in [6.45, 7) is 0. The zero-order valence-electron chi connectivity index (χ0n) is 13.0. The maximum Gasteiger partial charge on any atom is 0.401 e. The Balaban J connectivity index is 1.56. The van der Waals surface area contributed by atoms with Gasteiger partial charge in [-0.1, -0.05) is 34.5 Å². The zero-order chi connectivity index (χ0) is 18.3. The average molecular weight is 352 g/mol. The monoisotopic (exact) mass is 352 g/mol. The average Bonchev–Trinajstić information content (AvgIpc) is 3.23. The minimum Gasteiger partial charge on any atom is -0.348 e. The molecule has 0 spiro atoms. The molecule has 0 radical (unpaired) electrons. The predicted molar refractivity (Wildman–Crippen MR) is 84.3 cm³/mol. The molecule has 1 aromatic heterocycles. The van der Waals surface area contributed by atoms with Crippen molar-refractivity contribution in [3.8, 4) is 11.3 Å². The summed E-state index contributed by atoms with van der Waals surface area (Å²) in [7, 11) is 0. The van der Waals surface area contributed by atoms with Crippen LogP contribution in [0.1, 0.15) is 31.3 Å². The number of imide groups is 1. The summed E-state index contributed by atoms with van der Waals surface area (Å²) in [6, 6.07) is 13.1. The smallest absolute Gasteiger partial charge is 0.348 e. The van der Waals surface area contributed by atoms with Crippen molar-refractivity contribution in [2.24, 2.45) is 0 Å². The minimum absolute atomic E-state index is 0.0809. The van der Waals surface area contributed by atoms with Gasteiger partial charge in [0.25, 0.3) is 11.8 Å². The van der Waals surface area contributed by atoms with Crippen LogP contribution < -0.4 is 0 Å². The third-order valence-electron chi connectivity index (χ3n) is 3.79. The number of fused-ring (bicyclic) bond motifs is 1. The largest absolute Gasteiger partial charge is 0.401 e. The van der Waals surface area contributed by atoms with Crippen molar-refractivity contribution in [1.29, 1.82) is 0 Å². The summed E-state index contributed by atoms with van der Waals surface area (Å²) in [6.07, 6.45) is 0.